The molecule has 5 nitrogen and oxygen atoms in total. The van der Waals surface area contributed by atoms with Crippen molar-refractivity contribution in [1.82, 2.24) is 5.32 Å². The molecular weight excluding hydrogens is 276 g/mol. The molecule has 0 aromatic carbocycles. The van der Waals surface area contributed by atoms with Gasteiger partial charge in [0.25, 0.3) is 0 Å². The highest BCUT2D eigenvalue weighted by atomic mass is 28.4. The Bertz CT molecular complexity index is 176. The van der Waals surface area contributed by atoms with Gasteiger partial charge >= 0.3 is 8.80 Å². The van der Waals surface area contributed by atoms with Crippen molar-refractivity contribution in [2.75, 3.05) is 41.0 Å². The van der Waals surface area contributed by atoms with Gasteiger partial charge in [0.05, 0.1) is 0 Å². The molecule has 0 heterocycles. The molecule has 0 amide bonds. The second-order valence-electron chi connectivity index (χ2n) is 4.35. The summed E-state index contributed by atoms with van der Waals surface area (Å²) in [4.78, 5) is 0. The lowest BCUT2D eigenvalue weighted by Gasteiger charge is -2.24. The van der Waals surface area contributed by atoms with Gasteiger partial charge in [-0.25, -0.2) is 0 Å². The Hall–Kier alpha value is 0.234. The predicted molar refractivity (Wildman–Crippen MR) is 87.9 cm³/mol. The Balaban J connectivity index is 0. The summed E-state index contributed by atoms with van der Waals surface area (Å²) in [6.07, 6.45) is 5.89. The zero-order chi connectivity index (χ0) is 13.7. The summed E-state index contributed by atoms with van der Waals surface area (Å²) in [5.41, 5.74) is 5.44. The predicted octanol–water partition coefficient (Wildman–Crippen LogP) is -0.0883. The van der Waals surface area contributed by atoms with E-state index in [4.69, 9.17) is 19.0 Å². The van der Waals surface area contributed by atoms with E-state index in [9.17, 15) is 0 Å². The minimum Gasteiger partial charge on any atom is -0.377 e. The monoisotopic (exact) mass is 310 g/mol. The molecule has 0 unspecified atom stereocenters. The van der Waals surface area contributed by atoms with Crippen molar-refractivity contribution < 1.29 is 13.3 Å². The quantitative estimate of drug-likeness (QED) is 0.368. The van der Waals surface area contributed by atoms with E-state index < -0.39 is 8.80 Å². The molecule has 3 N–H and O–H groups in total. The highest BCUT2D eigenvalue weighted by Crippen LogP contribution is 2.14. The number of nitrogens with one attached hydrogen (secondary N) is 1. The molecule has 0 saturated carbocycles. The molecule has 0 bridgehead atoms. The summed E-state index contributed by atoms with van der Waals surface area (Å²) >= 11 is 0. The first kappa shape index (κ1) is 21.5. The minimum atomic E-state index is -2.36. The Labute approximate surface area is 124 Å². The molecule has 0 aliphatic heterocycles. The van der Waals surface area contributed by atoms with Gasteiger partial charge in [-0.2, -0.15) is 0 Å². The summed E-state index contributed by atoms with van der Waals surface area (Å²) in [7, 11) is 2.61. The fourth-order valence-electron chi connectivity index (χ4n) is 1.86. The van der Waals surface area contributed by atoms with Crippen LogP contribution in [0.3, 0.4) is 0 Å². The molecule has 7 heteroatoms. The zero-order valence-electron chi connectivity index (χ0n) is 12.2. The van der Waals surface area contributed by atoms with Crippen molar-refractivity contribution in [3.63, 3.8) is 0 Å². The third-order valence-corrected chi connectivity index (χ3v) is 5.91. The normalized spacial score (nSPS) is 11.4. The summed E-state index contributed by atoms with van der Waals surface area (Å²) in [5.74, 6) is 0. The average Bonchev–Trinajstić information content (AvgIpc) is 2.42. The van der Waals surface area contributed by atoms with Crippen molar-refractivity contribution in [1.29, 1.82) is 0 Å². The summed E-state index contributed by atoms with van der Waals surface area (Å²) < 4.78 is 16.1. The van der Waals surface area contributed by atoms with E-state index in [1.54, 1.807) is 21.3 Å². The molecule has 0 aromatic heterocycles. The van der Waals surface area contributed by atoms with Gasteiger partial charge in [0.1, 0.15) is 0 Å². The molecule has 0 atom stereocenters. The molecule has 19 heavy (non-hydrogen) atoms. The van der Waals surface area contributed by atoms with Crippen LogP contribution in [0.25, 0.3) is 0 Å². The summed E-state index contributed by atoms with van der Waals surface area (Å²) in [5, 5.41) is 3.43. The van der Waals surface area contributed by atoms with Crippen LogP contribution in [0.15, 0.2) is 0 Å². The van der Waals surface area contributed by atoms with Gasteiger partial charge in [-0.05, 0) is 49.9 Å². The maximum atomic E-state index is 5.44. The molecule has 0 aromatic rings. The van der Waals surface area contributed by atoms with Crippen LogP contribution in [0.1, 0.15) is 32.1 Å². The Kier molecular flexibility index (Phi) is 16.6. The van der Waals surface area contributed by atoms with Crippen molar-refractivity contribution in [3.8, 4) is 0 Å². The summed E-state index contributed by atoms with van der Waals surface area (Å²) in [6.45, 7) is 2.87. The van der Waals surface area contributed by atoms with E-state index in [2.05, 4.69) is 5.32 Å². The van der Waals surface area contributed by atoms with E-state index in [1.165, 1.54) is 19.3 Å². The van der Waals surface area contributed by atoms with E-state index in [0.29, 0.717) is 0 Å². The first-order chi connectivity index (χ1) is 8.74. The summed E-state index contributed by atoms with van der Waals surface area (Å²) in [6, 6.07) is 0.858. The van der Waals surface area contributed by atoms with Crippen molar-refractivity contribution in [2.45, 2.75) is 38.1 Å². The first-order valence-electron chi connectivity index (χ1n) is 6.81. The van der Waals surface area contributed by atoms with Gasteiger partial charge in [-0.3, -0.25) is 0 Å². The molecule has 0 spiro atoms. The lowest BCUT2D eigenvalue weighted by Crippen LogP contribution is -2.43. The Morgan fingerprint density at radius 1 is 0.842 bits per heavy atom. The highest BCUT2D eigenvalue weighted by Gasteiger charge is 2.36. The van der Waals surface area contributed by atoms with E-state index in [1.807, 2.05) is 0 Å². The molecule has 0 rings (SSSR count). The van der Waals surface area contributed by atoms with Gasteiger partial charge in [0, 0.05) is 27.4 Å². The van der Waals surface area contributed by atoms with Crippen LogP contribution < -0.4 is 11.1 Å². The maximum absolute atomic E-state index is 5.44. The van der Waals surface area contributed by atoms with Crippen molar-refractivity contribution >= 4 is 19.8 Å². The third kappa shape index (κ3) is 10.7. The smallest absolute Gasteiger partial charge is 0.377 e. The second kappa shape index (κ2) is 14.6. The number of hydrogen-bond acceptors (Lipinski definition) is 5. The molecule has 0 aliphatic carbocycles. The Morgan fingerprint density at radius 2 is 1.37 bits per heavy atom. The van der Waals surface area contributed by atoms with Crippen LogP contribution in [0, 0.1) is 0 Å². The first-order valence-corrected chi connectivity index (χ1v) is 8.74. The van der Waals surface area contributed by atoms with Crippen LogP contribution in [0.4, 0.5) is 0 Å². The SMILES string of the molecule is CO[Si](CCCNCCCCCCN)(OC)OC.[SiH4]. The topological polar surface area (TPSA) is 65.7 Å². The van der Waals surface area contributed by atoms with Crippen LogP contribution in [0.5, 0.6) is 0 Å². The number of nitrogens with two attached hydrogens (primary N) is 1. The van der Waals surface area contributed by atoms with Crippen LogP contribution in [-0.2, 0) is 13.3 Å². The highest BCUT2D eigenvalue weighted by molar-refractivity contribution is 6.60. The van der Waals surface area contributed by atoms with Gasteiger partial charge in [-0.15, -0.1) is 0 Å². The van der Waals surface area contributed by atoms with Gasteiger partial charge < -0.3 is 24.3 Å². The fraction of sp³-hybridized carbons (Fsp3) is 1.00. The largest absolute Gasteiger partial charge is 0.500 e. The second-order valence-corrected chi connectivity index (χ2v) is 7.44. The van der Waals surface area contributed by atoms with Gasteiger partial charge in [-0.1, -0.05) is 12.8 Å². The average molecular weight is 311 g/mol. The molecule has 118 valence electrons. The van der Waals surface area contributed by atoms with Crippen molar-refractivity contribution in [2.24, 2.45) is 5.73 Å². The van der Waals surface area contributed by atoms with E-state index in [0.717, 1.165) is 38.5 Å². The van der Waals surface area contributed by atoms with Crippen LogP contribution >= 0.6 is 0 Å². The van der Waals surface area contributed by atoms with Gasteiger partial charge in [0.15, 0.2) is 0 Å². The van der Waals surface area contributed by atoms with Crippen molar-refractivity contribution in [3.05, 3.63) is 0 Å². The standard InChI is InChI=1S/C12H30N2O3Si.H4Si/c1-15-18(16-2,17-3)12-8-11-14-10-7-5-4-6-9-13;/h14H,4-13H2,1-3H3;1H4. The van der Waals surface area contributed by atoms with Crippen LogP contribution in [0.2, 0.25) is 6.04 Å². The van der Waals surface area contributed by atoms with Crippen LogP contribution in [-0.4, -0.2) is 60.7 Å². The lowest BCUT2D eigenvalue weighted by atomic mass is 10.2. The molecular formula is C12H34N2O3Si2. The number of hydrogen-bond donors (Lipinski definition) is 2. The number of rotatable bonds is 13. The fourth-order valence-corrected chi connectivity index (χ4v) is 3.58. The third-order valence-electron chi connectivity index (χ3n) is 3.08. The number of unbranched alkanes of at least 4 members (excludes halogenated alkanes) is 3. The van der Waals surface area contributed by atoms with E-state index in [-0.39, 0.29) is 11.0 Å². The van der Waals surface area contributed by atoms with Gasteiger partial charge in [0.2, 0.25) is 0 Å². The Morgan fingerprint density at radius 3 is 1.89 bits per heavy atom. The van der Waals surface area contributed by atoms with E-state index >= 15 is 0 Å². The molecule has 0 fully saturated rings. The maximum Gasteiger partial charge on any atom is 0.500 e. The molecule has 0 aliphatic rings. The lowest BCUT2D eigenvalue weighted by molar-refractivity contribution is 0.123. The minimum absolute atomic E-state index is 0. The molecule has 0 radical (unpaired) electrons. The molecule has 0 saturated heterocycles. The zero-order valence-corrected chi connectivity index (χ0v) is 13.2.